The Labute approximate surface area is 710 Å². The highest BCUT2D eigenvalue weighted by atomic mass is 35.5. The van der Waals surface area contributed by atoms with E-state index in [1.54, 1.807) is 78.0 Å². The van der Waals surface area contributed by atoms with Crippen molar-refractivity contribution in [2.45, 2.75) is 118 Å². The third-order valence-corrected chi connectivity index (χ3v) is 22.7. The molecule has 5 saturated heterocycles. The summed E-state index contributed by atoms with van der Waals surface area (Å²) in [5.74, 6) is 0.868. The van der Waals surface area contributed by atoms with Crippen LogP contribution in [0.4, 0.5) is 119 Å². The molecule has 1 aromatic heterocycles. The highest BCUT2D eigenvalue weighted by Crippen LogP contribution is 2.44. The molecule has 6 heterocycles. The van der Waals surface area contributed by atoms with Crippen molar-refractivity contribution in [1.29, 1.82) is 0 Å². The maximum atomic E-state index is 13.0. The van der Waals surface area contributed by atoms with Crippen molar-refractivity contribution in [3.05, 3.63) is 198 Å². The minimum absolute atomic E-state index is 0.192. The monoisotopic (exact) mass is 1760 g/mol. The lowest BCUT2D eigenvalue weighted by Gasteiger charge is -2.38. The highest BCUT2D eigenvalue weighted by molar-refractivity contribution is 6.34. The molecular weight excluding hydrogens is 1650 g/mol. The van der Waals surface area contributed by atoms with Crippen LogP contribution in [0.25, 0.3) is 0 Å². The van der Waals surface area contributed by atoms with E-state index in [4.69, 9.17) is 23.2 Å². The van der Waals surface area contributed by atoms with E-state index >= 15 is 0 Å². The number of alkyl halides is 18. The van der Waals surface area contributed by atoms with Gasteiger partial charge in [0.05, 0.1) is 54.8 Å². The van der Waals surface area contributed by atoms with Crippen LogP contribution in [-0.2, 0) is 37.1 Å². The first-order valence-electron chi connectivity index (χ1n) is 40.6. The van der Waals surface area contributed by atoms with Gasteiger partial charge in [-0.2, -0.15) is 79.0 Å². The Morgan fingerprint density at radius 2 is 0.694 bits per heavy atom. The normalized spacial score (nSPS) is 17.1. The summed E-state index contributed by atoms with van der Waals surface area (Å²) in [7, 11) is 7.56. The Balaban J connectivity index is 0.000000181. The standard InChI is InChI=1S/C17H18F3N3.C16H21F3N2.C15H21F3N2.C14H19F3N2.C13H16ClF3N2.C13H18ClF3N2/c1-13-10-14(17(18,19)20)12-16(11-13)23-8-6-22(7-9-23)15-2-4-21-5-3-15;1-12-8-14(16(17,18)19)10-15(9-12)21-6-4-20(5-7-21)11-13-2-3-13;1-11(2)19-4-6-20(7-5-19)14-9-12(3)8-13(10-14)15(16,17)18;1-3-18-4-6-19(7-5-18)13-9-11(2)8-12(10-13)14(15,16)17;1-9-7-10(13(15,16)17)12(14)11(8-9)19-5-3-18(2)4-6-19;1-9-7-10(13(15,16)17)12(14)11(8-9)19(4)6-5-18(2)3/h2-5,10-12H,6-9H2,1H3;8-10,13H,2-7,11H2,1H3;8-11H,4-7H2,1-3H3;8-10H,3-7H2,1-2H3;7-8H,3-6H2,1-2H3;7-8H,5-6H2,1-4H3. The molecule has 0 spiro atoms. The van der Waals surface area contributed by atoms with Crippen LogP contribution >= 0.6 is 23.2 Å². The fraction of sp³-hybridized carbons (Fsp3) is 0.534. The lowest BCUT2D eigenvalue weighted by atomic mass is 10.1. The molecule has 6 fully saturated rings. The molecule has 670 valence electrons. The number of anilines is 7. The molecule has 121 heavy (non-hydrogen) atoms. The van der Waals surface area contributed by atoms with Crippen molar-refractivity contribution >= 4 is 63.0 Å². The first-order chi connectivity index (χ1) is 56.4. The van der Waals surface area contributed by atoms with Gasteiger partial charge < -0.3 is 49.0 Å². The summed E-state index contributed by atoms with van der Waals surface area (Å²) in [4.78, 5) is 29.2. The van der Waals surface area contributed by atoms with Gasteiger partial charge in [0, 0.05) is 204 Å². The molecule has 0 amide bonds. The Bertz CT molecular complexity index is 4400. The van der Waals surface area contributed by atoms with Crippen LogP contribution in [0.1, 0.15) is 100 Å². The lowest BCUT2D eigenvalue weighted by molar-refractivity contribution is -0.138. The van der Waals surface area contributed by atoms with Gasteiger partial charge >= 0.3 is 37.1 Å². The van der Waals surface area contributed by atoms with Crippen LogP contribution in [0.15, 0.2) is 122 Å². The quantitative estimate of drug-likeness (QED) is 0.0973. The second kappa shape index (κ2) is 42.7. The summed E-state index contributed by atoms with van der Waals surface area (Å²) in [6, 6.07) is 27.1. The van der Waals surface area contributed by atoms with Gasteiger partial charge in [0.1, 0.15) is 0 Å². The van der Waals surface area contributed by atoms with Gasteiger partial charge in [-0.1, -0.05) is 30.1 Å². The molecular formula is C88H113Cl2F18N13. The second-order valence-corrected chi connectivity index (χ2v) is 33.2. The number of hydrogen-bond donors (Lipinski definition) is 0. The van der Waals surface area contributed by atoms with Crippen LogP contribution in [-0.4, -0.2) is 221 Å². The van der Waals surface area contributed by atoms with Crippen LogP contribution in [0.3, 0.4) is 0 Å². The fourth-order valence-corrected chi connectivity index (χ4v) is 15.5. The average molecular weight is 1770 g/mol. The Hall–Kier alpha value is -7.81. The predicted octanol–water partition coefficient (Wildman–Crippen LogP) is 21.1. The molecule has 1 aliphatic carbocycles. The number of pyridine rings is 1. The number of benzene rings is 6. The van der Waals surface area contributed by atoms with Crippen molar-refractivity contribution in [2.75, 3.05) is 220 Å². The van der Waals surface area contributed by atoms with Gasteiger partial charge in [-0.15, -0.1) is 0 Å². The maximum absolute atomic E-state index is 13.0. The molecule has 0 unspecified atom stereocenters. The number of rotatable bonds is 14. The van der Waals surface area contributed by atoms with E-state index < -0.39 is 70.4 Å². The lowest BCUT2D eigenvalue weighted by Crippen LogP contribution is -2.48. The summed E-state index contributed by atoms with van der Waals surface area (Å²) in [6.45, 7) is 36.3. The summed E-state index contributed by atoms with van der Waals surface area (Å²) < 4.78 is 232. The molecule has 5 aliphatic heterocycles. The zero-order valence-electron chi connectivity index (χ0n) is 71.0. The van der Waals surface area contributed by atoms with Crippen molar-refractivity contribution in [2.24, 2.45) is 5.92 Å². The van der Waals surface area contributed by atoms with Crippen LogP contribution in [0.2, 0.25) is 10.0 Å². The Morgan fingerprint density at radius 1 is 0.372 bits per heavy atom. The number of nitrogens with zero attached hydrogens (tertiary/aromatic N) is 13. The molecule has 0 bridgehead atoms. The first-order valence-corrected chi connectivity index (χ1v) is 41.3. The predicted molar refractivity (Wildman–Crippen MR) is 452 cm³/mol. The summed E-state index contributed by atoms with van der Waals surface area (Å²) >= 11 is 11.9. The van der Waals surface area contributed by atoms with Gasteiger partial charge in [0.25, 0.3) is 0 Å². The molecule has 13 rings (SSSR count). The number of likely N-dealkylation sites (N-methyl/N-ethyl adjacent to an activating group) is 4. The molecule has 0 atom stereocenters. The van der Waals surface area contributed by atoms with Gasteiger partial charge in [-0.05, 0) is 244 Å². The maximum Gasteiger partial charge on any atom is 0.417 e. The molecule has 1 saturated carbocycles. The van der Waals surface area contributed by atoms with Gasteiger partial charge in [0.15, 0.2) is 0 Å². The molecule has 0 radical (unpaired) electrons. The van der Waals surface area contributed by atoms with Gasteiger partial charge in [-0.25, -0.2) is 0 Å². The third-order valence-electron chi connectivity index (χ3n) is 21.9. The van der Waals surface area contributed by atoms with E-state index in [0.717, 1.165) is 148 Å². The number of piperazine rings is 5. The van der Waals surface area contributed by atoms with Gasteiger partial charge in [-0.3, -0.25) is 14.8 Å². The van der Waals surface area contributed by atoms with E-state index in [9.17, 15) is 79.0 Å². The van der Waals surface area contributed by atoms with Crippen molar-refractivity contribution < 1.29 is 79.0 Å². The van der Waals surface area contributed by atoms with E-state index in [1.165, 1.54) is 61.4 Å². The van der Waals surface area contributed by atoms with Crippen molar-refractivity contribution in [3.8, 4) is 0 Å². The Morgan fingerprint density at radius 3 is 1.03 bits per heavy atom. The summed E-state index contributed by atoms with van der Waals surface area (Å²) in [6.07, 6.45) is -19.8. The van der Waals surface area contributed by atoms with E-state index in [2.05, 4.69) is 55.2 Å². The smallest absolute Gasteiger partial charge is 0.372 e. The zero-order chi connectivity index (χ0) is 89.4. The molecule has 33 heteroatoms. The van der Waals surface area contributed by atoms with Crippen molar-refractivity contribution in [1.82, 2.24) is 29.5 Å². The largest absolute Gasteiger partial charge is 0.417 e. The van der Waals surface area contributed by atoms with E-state index in [0.29, 0.717) is 106 Å². The van der Waals surface area contributed by atoms with E-state index in [1.807, 2.05) is 82.0 Å². The first kappa shape index (κ1) is 98.6. The number of aromatic nitrogens is 1. The minimum Gasteiger partial charge on any atom is -0.372 e. The average Bonchev–Trinajstić information content (AvgIpc) is 1.51. The van der Waals surface area contributed by atoms with Crippen molar-refractivity contribution in [3.63, 3.8) is 0 Å². The minimum atomic E-state index is -4.43. The molecule has 6 aromatic carbocycles. The molecule has 13 nitrogen and oxygen atoms in total. The van der Waals surface area contributed by atoms with Crippen LogP contribution < -0.4 is 34.3 Å². The second-order valence-electron chi connectivity index (χ2n) is 32.5. The zero-order valence-corrected chi connectivity index (χ0v) is 72.5. The van der Waals surface area contributed by atoms with Crippen LogP contribution in [0.5, 0.6) is 0 Å². The highest BCUT2D eigenvalue weighted by Gasteiger charge is 2.40. The van der Waals surface area contributed by atoms with E-state index in [-0.39, 0.29) is 10.0 Å². The van der Waals surface area contributed by atoms with Gasteiger partial charge in [0.2, 0.25) is 0 Å². The number of halogens is 20. The summed E-state index contributed by atoms with van der Waals surface area (Å²) in [5.41, 5.74) is 4.68. The molecule has 7 aromatic rings. The number of hydrogen-bond acceptors (Lipinski definition) is 13. The topological polar surface area (TPSA) is 51.8 Å². The number of aryl methyl sites for hydroxylation is 6. The Kier molecular flexibility index (Phi) is 34.8. The summed E-state index contributed by atoms with van der Waals surface area (Å²) in [5, 5.41) is -0.429. The third kappa shape index (κ3) is 30.3. The fourth-order valence-electron chi connectivity index (χ4n) is 14.8. The molecule has 0 N–H and O–H groups in total. The van der Waals surface area contributed by atoms with Crippen LogP contribution in [0, 0.1) is 47.5 Å². The molecule has 6 aliphatic rings. The SMILES string of the molecule is CCN1CCN(c2cc(C)cc(C(F)(F)F)c2)CC1.Cc1cc(N(C)CCN(C)C)c(Cl)c(C(F)(F)F)c1.Cc1cc(N2CCN(C(C)C)CC2)cc(C(F)(F)F)c1.Cc1cc(N2CCN(C)CC2)c(Cl)c(C(F)(F)F)c1.Cc1cc(N2CCN(CC3CC3)CC2)cc(C(F)(F)F)c1.Cc1cc(N2CCN(c3ccncc3)CC2)cc(C(F)(F)F)c1.